The van der Waals surface area contributed by atoms with Gasteiger partial charge in [-0.3, -0.25) is 9.36 Å². The minimum absolute atomic E-state index is 0. The van der Waals surface area contributed by atoms with Crippen LogP contribution in [-0.4, -0.2) is 35.1 Å². The third kappa shape index (κ3) is 4.36. The molecule has 0 spiro atoms. The van der Waals surface area contributed by atoms with E-state index in [0.29, 0.717) is 12.5 Å². The number of rotatable bonds is 5. The Bertz CT molecular complexity index is 703. The number of para-hydroxylation sites is 2. The molecule has 1 atom stereocenters. The molecule has 23 heavy (non-hydrogen) atoms. The van der Waals surface area contributed by atoms with Gasteiger partial charge in [0.25, 0.3) is 0 Å². The van der Waals surface area contributed by atoms with Crippen LogP contribution < -0.4 is 16.3 Å². The number of hydrogen-bond acceptors (Lipinski definition) is 3. The number of aromatic amines is 1. The van der Waals surface area contributed by atoms with Gasteiger partial charge >= 0.3 is 5.69 Å². The Morgan fingerprint density at radius 2 is 2.17 bits per heavy atom. The lowest BCUT2D eigenvalue weighted by Crippen LogP contribution is -2.35. The molecular weight excluding hydrogens is 316 g/mol. The van der Waals surface area contributed by atoms with Gasteiger partial charge < -0.3 is 15.6 Å². The Morgan fingerprint density at radius 3 is 2.96 bits per heavy atom. The second-order valence-corrected chi connectivity index (χ2v) is 5.88. The van der Waals surface area contributed by atoms with E-state index in [9.17, 15) is 9.59 Å². The smallest absolute Gasteiger partial charge is 0.326 e. The van der Waals surface area contributed by atoms with Gasteiger partial charge in [-0.25, -0.2) is 4.79 Å². The van der Waals surface area contributed by atoms with Crippen LogP contribution >= 0.6 is 12.4 Å². The lowest BCUT2D eigenvalue weighted by Gasteiger charge is -2.22. The average Bonchev–Trinajstić information content (AvgIpc) is 2.84. The summed E-state index contributed by atoms with van der Waals surface area (Å²) in [7, 11) is 0. The molecule has 1 aliphatic heterocycles. The highest BCUT2D eigenvalue weighted by Crippen LogP contribution is 2.13. The first-order valence-electron chi connectivity index (χ1n) is 7.89. The highest BCUT2D eigenvalue weighted by Gasteiger charge is 2.14. The number of piperidine rings is 1. The lowest BCUT2D eigenvalue weighted by atomic mass is 9.96. The molecule has 1 aromatic carbocycles. The zero-order valence-electron chi connectivity index (χ0n) is 13.0. The SMILES string of the molecule is Cl.O=C(Cn1c(=O)[nH]c2ccccc21)NCCC1CCCNC1. The van der Waals surface area contributed by atoms with E-state index in [1.54, 1.807) is 0 Å². The molecule has 1 saturated heterocycles. The normalized spacial score (nSPS) is 17.7. The van der Waals surface area contributed by atoms with Crippen molar-refractivity contribution < 1.29 is 4.79 Å². The van der Waals surface area contributed by atoms with Crippen molar-refractivity contribution in [3.8, 4) is 0 Å². The van der Waals surface area contributed by atoms with E-state index < -0.39 is 0 Å². The number of fused-ring (bicyclic) bond motifs is 1. The molecule has 0 radical (unpaired) electrons. The number of carbonyl (C=O) groups is 1. The Kier molecular flexibility index (Phi) is 6.24. The minimum Gasteiger partial charge on any atom is -0.355 e. The van der Waals surface area contributed by atoms with Gasteiger partial charge in [0.15, 0.2) is 0 Å². The maximum absolute atomic E-state index is 12.0. The molecule has 6 nitrogen and oxygen atoms in total. The Hall–Kier alpha value is -1.79. The van der Waals surface area contributed by atoms with Crippen LogP contribution in [0.1, 0.15) is 19.3 Å². The van der Waals surface area contributed by atoms with E-state index >= 15 is 0 Å². The van der Waals surface area contributed by atoms with Gasteiger partial charge in [0.1, 0.15) is 6.54 Å². The van der Waals surface area contributed by atoms with Crippen LogP contribution in [0.25, 0.3) is 11.0 Å². The second-order valence-electron chi connectivity index (χ2n) is 5.88. The van der Waals surface area contributed by atoms with Crippen LogP contribution in [0.4, 0.5) is 0 Å². The molecule has 1 aliphatic rings. The molecule has 0 saturated carbocycles. The largest absolute Gasteiger partial charge is 0.355 e. The molecule has 0 aliphatic carbocycles. The van der Waals surface area contributed by atoms with Gasteiger partial charge in [-0.15, -0.1) is 12.4 Å². The number of H-pyrrole nitrogens is 1. The van der Waals surface area contributed by atoms with Crippen LogP contribution in [-0.2, 0) is 11.3 Å². The quantitative estimate of drug-likeness (QED) is 0.768. The first-order valence-corrected chi connectivity index (χ1v) is 7.89. The zero-order valence-corrected chi connectivity index (χ0v) is 13.8. The van der Waals surface area contributed by atoms with E-state index in [0.717, 1.165) is 30.5 Å². The molecular formula is C16H23ClN4O2. The van der Waals surface area contributed by atoms with Gasteiger partial charge in [0.2, 0.25) is 5.91 Å². The summed E-state index contributed by atoms with van der Waals surface area (Å²) < 4.78 is 1.48. The van der Waals surface area contributed by atoms with Crippen LogP contribution in [0.2, 0.25) is 0 Å². The summed E-state index contributed by atoms with van der Waals surface area (Å²) in [5, 5.41) is 6.29. The van der Waals surface area contributed by atoms with Crippen molar-refractivity contribution in [3.63, 3.8) is 0 Å². The Labute approximate surface area is 141 Å². The molecule has 126 valence electrons. The number of nitrogens with one attached hydrogen (secondary N) is 3. The van der Waals surface area contributed by atoms with E-state index in [-0.39, 0.29) is 30.5 Å². The molecule has 1 aromatic heterocycles. The summed E-state index contributed by atoms with van der Waals surface area (Å²) in [4.78, 5) is 26.7. The number of imidazole rings is 1. The molecule has 7 heteroatoms. The highest BCUT2D eigenvalue weighted by atomic mass is 35.5. The van der Waals surface area contributed by atoms with Gasteiger partial charge in [0, 0.05) is 6.54 Å². The molecule has 1 amide bonds. The lowest BCUT2D eigenvalue weighted by molar-refractivity contribution is -0.121. The highest BCUT2D eigenvalue weighted by molar-refractivity contribution is 5.85. The monoisotopic (exact) mass is 338 g/mol. The average molecular weight is 339 g/mol. The number of aromatic nitrogens is 2. The van der Waals surface area contributed by atoms with Crippen LogP contribution in [0, 0.1) is 5.92 Å². The van der Waals surface area contributed by atoms with Gasteiger partial charge in [0.05, 0.1) is 11.0 Å². The van der Waals surface area contributed by atoms with Crippen molar-refractivity contribution in [3.05, 3.63) is 34.7 Å². The summed E-state index contributed by atoms with van der Waals surface area (Å²) in [6.45, 7) is 2.87. The van der Waals surface area contributed by atoms with Gasteiger partial charge in [-0.2, -0.15) is 0 Å². The number of amides is 1. The van der Waals surface area contributed by atoms with E-state index in [2.05, 4.69) is 15.6 Å². The van der Waals surface area contributed by atoms with Gasteiger partial charge in [-0.05, 0) is 50.4 Å². The number of halogens is 1. The van der Waals surface area contributed by atoms with Crippen molar-refractivity contribution in [2.75, 3.05) is 19.6 Å². The Morgan fingerprint density at radius 1 is 1.35 bits per heavy atom. The Balaban J connectivity index is 0.00000192. The molecule has 2 aromatic rings. The maximum atomic E-state index is 12.0. The molecule has 3 N–H and O–H groups in total. The van der Waals surface area contributed by atoms with E-state index in [1.807, 2.05) is 24.3 Å². The fraction of sp³-hybridized carbons (Fsp3) is 0.500. The standard InChI is InChI=1S/C16H22N4O2.ClH/c21-15(18-9-7-12-4-3-8-17-10-12)11-20-14-6-2-1-5-13(14)19-16(20)22;/h1-2,5-6,12,17H,3-4,7-11H2,(H,18,21)(H,19,22);1H. The van der Waals surface area contributed by atoms with Crippen LogP contribution in [0.3, 0.4) is 0 Å². The maximum Gasteiger partial charge on any atom is 0.326 e. The van der Waals surface area contributed by atoms with Crippen molar-refractivity contribution in [1.29, 1.82) is 0 Å². The third-order valence-electron chi connectivity index (χ3n) is 4.26. The van der Waals surface area contributed by atoms with Crippen molar-refractivity contribution in [1.82, 2.24) is 20.2 Å². The van der Waals surface area contributed by atoms with Crippen molar-refractivity contribution >= 4 is 29.3 Å². The molecule has 3 rings (SSSR count). The summed E-state index contributed by atoms with van der Waals surface area (Å²) in [6, 6.07) is 7.40. The van der Waals surface area contributed by atoms with E-state index in [4.69, 9.17) is 0 Å². The molecule has 0 bridgehead atoms. The molecule has 1 unspecified atom stereocenters. The number of hydrogen-bond donors (Lipinski definition) is 3. The summed E-state index contributed by atoms with van der Waals surface area (Å²) in [5.41, 5.74) is 1.28. The first kappa shape index (κ1) is 17.6. The zero-order chi connectivity index (χ0) is 15.4. The topological polar surface area (TPSA) is 78.9 Å². The van der Waals surface area contributed by atoms with Crippen LogP contribution in [0.5, 0.6) is 0 Å². The van der Waals surface area contributed by atoms with Crippen LogP contribution in [0.15, 0.2) is 29.1 Å². The van der Waals surface area contributed by atoms with Gasteiger partial charge in [-0.1, -0.05) is 12.1 Å². The summed E-state index contributed by atoms with van der Waals surface area (Å²) in [6.07, 6.45) is 3.43. The fourth-order valence-corrected chi connectivity index (χ4v) is 3.05. The molecule has 1 fully saturated rings. The van der Waals surface area contributed by atoms with Crippen molar-refractivity contribution in [2.45, 2.75) is 25.8 Å². The summed E-state index contributed by atoms with van der Waals surface area (Å²) >= 11 is 0. The fourth-order valence-electron chi connectivity index (χ4n) is 3.05. The number of carbonyl (C=O) groups excluding carboxylic acids is 1. The predicted molar refractivity (Wildman–Crippen MR) is 93.0 cm³/mol. The molecule has 2 heterocycles. The summed E-state index contributed by atoms with van der Waals surface area (Å²) in [5.74, 6) is 0.528. The van der Waals surface area contributed by atoms with Crippen molar-refractivity contribution in [2.24, 2.45) is 5.92 Å². The predicted octanol–water partition coefficient (Wildman–Crippen LogP) is 1.26. The third-order valence-corrected chi connectivity index (χ3v) is 4.26. The number of benzene rings is 1. The second kappa shape index (κ2) is 8.17. The first-order chi connectivity index (χ1) is 10.7. The minimum atomic E-state index is -0.243. The van der Waals surface area contributed by atoms with E-state index in [1.165, 1.54) is 17.4 Å². The number of nitrogens with zero attached hydrogens (tertiary/aromatic N) is 1.